The molecule has 6 heteroatoms. The molecule has 1 aliphatic carbocycles. The number of nitrogens with one attached hydrogen (secondary N) is 2. The molecule has 2 aromatic rings. The van der Waals surface area contributed by atoms with Crippen LogP contribution in [-0.2, 0) is 4.79 Å². The van der Waals surface area contributed by atoms with Crippen molar-refractivity contribution in [2.45, 2.75) is 25.8 Å². The van der Waals surface area contributed by atoms with Gasteiger partial charge in [-0.15, -0.1) is 11.3 Å². The summed E-state index contributed by atoms with van der Waals surface area (Å²) in [5.74, 6) is 0.888. The van der Waals surface area contributed by atoms with E-state index in [0.29, 0.717) is 22.2 Å². The van der Waals surface area contributed by atoms with Crippen molar-refractivity contribution in [2.24, 2.45) is 5.92 Å². The Morgan fingerprint density at radius 1 is 1.29 bits per heavy atom. The first-order valence-corrected chi connectivity index (χ1v) is 8.87. The topological polar surface area (TPSA) is 67.4 Å². The number of amides is 2. The van der Waals surface area contributed by atoms with Gasteiger partial charge in [0.1, 0.15) is 5.75 Å². The quantitative estimate of drug-likeness (QED) is 0.810. The SMILES string of the molecule is CC(NC(=O)COc1cccc(NC(=O)c2cccs2)c1)C1CC1. The molecule has 0 bridgehead atoms. The first-order chi connectivity index (χ1) is 11.6. The molecule has 1 aromatic heterocycles. The lowest BCUT2D eigenvalue weighted by atomic mass is 10.2. The largest absolute Gasteiger partial charge is 0.484 e. The van der Waals surface area contributed by atoms with Gasteiger partial charge in [-0.25, -0.2) is 0 Å². The summed E-state index contributed by atoms with van der Waals surface area (Å²) in [4.78, 5) is 24.6. The fourth-order valence-electron chi connectivity index (χ4n) is 2.42. The highest BCUT2D eigenvalue weighted by Crippen LogP contribution is 2.32. The van der Waals surface area contributed by atoms with Gasteiger partial charge >= 0.3 is 0 Å². The highest BCUT2D eigenvalue weighted by Gasteiger charge is 2.28. The molecule has 0 aliphatic heterocycles. The van der Waals surface area contributed by atoms with E-state index in [2.05, 4.69) is 10.6 Å². The molecule has 1 fully saturated rings. The van der Waals surface area contributed by atoms with Gasteiger partial charge in [-0.3, -0.25) is 9.59 Å². The van der Waals surface area contributed by atoms with Gasteiger partial charge in [-0.05, 0) is 49.3 Å². The van der Waals surface area contributed by atoms with Gasteiger partial charge in [0.2, 0.25) is 0 Å². The van der Waals surface area contributed by atoms with Crippen LogP contribution >= 0.6 is 11.3 Å². The number of anilines is 1. The lowest BCUT2D eigenvalue weighted by molar-refractivity contribution is -0.123. The summed E-state index contributed by atoms with van der Waals surface area (Å²) in [7, 11) is 0. The fraction of sp³-hybridized carbons (Fsp3) is 0.333. The van der Waals surface area contributed by atoms with Crippen molar-refractivity contribution in [3.05, 3.63) is 46.7 Å². The second-order valence-corrected chi connectivity index (χ2v) is 6.89. The molecule has 3 rings (SSSR count). The smallest absolute Gasteiger partial charge is 0.265 e. The lowest BCUT2D eigenvalue weighted by Gasteiger charge is -2.13. The van der Waals surface area contributed by atoms with Crippen molar-refractivity contribution >= 4 is 28.8 Å². The van der Waals surface area contributed by atoms with Crippen LogP contribution in [0.1, 0.15) is 29.4 Å². The standard InChI is InChI=1S/C18H20N2O3S/c1-12(13-7-8-13)19-17(21)11-23-15-5-2-4-14(10-15)20-18(22)16-6-3-9-24-16/h2-6,9-10,12-13H,7-8,11H2,1H3,(H,19,21)(H,20,22). The normalized spacial score (nSPS) is 14.7. The van der Waals surface area contributed by atoms with Gasteiger partial charge in [0.15, 0.2) is 6.61 Å². The second-order valence-electron chi connectivity index (χ2n) is 5.94. The van der Waals surface area contributed by atoms with Crippen LogP contribution in [0.4, 0.5) is 5.69 Å². The summed E-state index contributed by atoms with van der Waals surface area (Å²) in [6.45, 7) is 2.00. The van der Waals surface area contributed by atoms with Crippen LogP contribution in [0.2, 0.25) is 0 Å². The number of benzene rings is 1. The van der Waals surface area contributed by atoms with Crippen LogP contribution in [0.15, 0.2) is 41.8 Å². The highest BCUT2D eigenvalue weighted by atomic mass is 32.1. The zero-order valence-electron chi connectivity index (χ0n) is 13.5. The van der Waals surface area contributed by atoms with E-state index >= 15 is 0 Å². The number of thiophene rings is 1. The summed E-state index contributed by atoms with van der Waals surface area (Å²) in [6.07, 6.45) is 2.38. The van der Waals surface area contributed by atoms with Crippen molar-refractivity contribution in [2.75, 3.05) is 11.9 Å². The molecule has 0 spiro atoms. The number of hydrogen-bond donors (Lipinski definition) is 2. The van der Waals surface area contributed by atoms with Gasteiger partial charge in [-0.2, -0.15) is 0 Å². The number of carbonyl (C=O) groups excluding carboxylic acids is 2. The Bertz CT molecular complexity index is 711. The molecular formula is C18H20N2O3S. The third-order valence-electron chi connectivity index (χ3n) is 3.92. The number of hydrogen-bond acceptors (Lipinski definition) is 4. The van der Waals surface area contributed by atoms with Gasteiger partial charge < -0.3 is 15.4 Å². The molecule has 1 atom stereocenters. The average Bonchev–Trinajstić information content (AvgIpc) is 3.28. The Kier molecular flexibility index (Phi) is 5.15. The Labute approximate surface area is 145 Å². The van der Waals surface area contributed by atoms with Crippen LogP contribution in [0.5, 0.6) is 5.75 Å². The minimum Gasteiger partial charge on any atom is -0.484 e. The molecular weight excluding hydrogens is 324 g/mol. The van der Waals surface area contributed by atoms with Crippen LogP contribution in [0.3, 0.4) is 0 Å². The van der Waals surface area contributed by atoms with Crippen molar-refractivity contribution in [1.29, 1.82) is 0 Å². The molecule has 24 heavy (non-hydrogen) atoms. The van der Waals surface area contributed by atoms with Crippen LogP contribution < -0.4 is 15.4 Å². The van der Waals surface area contributed by atoms with E-state index in [-0.39, 0.29) is 24.5 Å². The van der Waals surface area contributed by atoms with Crippen LogP contribution in [-0.4, -0.2) is 24.5 Å². The molecule has 1 unspecified atom stereocenters. The summed E-state index contributed by atoms with van der Waals surface area (Å²) < 4.78 is 5.52. The van der Waals surface area contributed by atoms with E-state index in [0.717, 1.165) is 0 Å². The summed E-state index contributed by atoms with van der Waals surface area (Å²) in [5, 5.41) is 7.62. The van der Waals surface area contributed by atoms with E-state index in [4.69, 9.17) is 4.74 Å². The van der Waals surface area contributed by atoms with Crippen molar-refractivity contribution in [3.63, 3.8) is 0 Å². The maximum absolute atomic E-state index is 12.0. The number of ether oxygens (including phenoxy) is 1. The van der Waals surface area contributed by atoms with Crippen LogP contribution in [0, 0.1) is 5.92 Å². The van der Waals surface area contributed by atoms with Gasteiger partial charge in [-0.1, -0.05) is 12.1 Å². The minimum absolute atomic E-state index is 0.0284. The Morgan fingerprint density at radius 2 is 2.12 bits per heavy atom. The van der Waals surface area contributed by atoms with Crippen LogP contribution in [0.25, 0.3) is 0 Å². The summed E-state index contributed by atoms with van der Waals surface area (Å²) >= 11 is 1.39. The first kappa shape index (κ1) is 16.5. The minimum atomic E-state index is -0.154. The van der Waals surface area contributed by atoms with E-state index in [1.165, 1.54) is 24.2 Å². The molecule has 2 N–H and O–H groups in total. The zero-order valence-corrected chi connectivity index (χ0v) is 14.3. The average molecular weight is 344 g/mol. The molecule has 1 aliphatic rings. The fourth-order valence-corrected chi connectivity index (χ4v) is 3.04. The Balaban J connectivity index is 1.51. The van der Waals surface area contributed by atoms with Gasteiger partial charge in [0, 0.05) is 17.8 Å². The molecule has 1 heterocycles. The lowest BCUT2D eigenvalue weighted by Crippen LogP contribution is -2.37. The van der Waals surface area contributed by atoms with Crippen molar-refractivity contribution in [3.8, 4) is 5.75 Å². The highest BCUT2D eigenvalue weighted by molar-refractivity contribution is 7.12. The maximum atomic E-state index is 12.0. The molecule has 0 saturated heterocycles. The number of carbonyl (C=O) groups is 2. The number of rotatable bonds is 7. The maximum Gasteiger partial charge on any atom is 0.265 e. The summed E-state index contributed by atoms with van der Waals surface area (Å²) in [6, 6.07) is 10.9. The molecule has 2 amide bonds. The Hall–Kier alpha value is -2.34. The van der Waals surface area contributed by atoms with E-state index in [9.17, 15) is 9.59 Å². The van der Waals surface area contributed by atoms with Crippen molar-refractivity contribution < 1.29 is 14.3 Å². The molecule has 5 nitrogen and oxygen atoms in total. The van der Waals surface area contributed by atoms with Crippen molar-refractivity contribution in [1.82, 2.24) is 5.32 Å². The summed E-state index contributed by atoms with van der Waals surface area (Å²) in [5.41, 5.74) is 0.637. The zero-order chi connectivity index (χ0) is 16.9. The Morgan fingerprint density at radius 3 is 2.83 bits per heavy atom. The van der Waals surface area contributed by atoms with Gasteiger partial charge in [0.05, 0.1) is 4.88 Å². The van der Waals surface area contributed by atoms with E-state index < -0.39 is 0 Å². The molecule has 126 valence electrons. The van der Waals surface area contributed by atoms with E-state index in [1.54, 1.807) is 30.3 Å². The monoisotopic (exact) mass is 344 g/mol. The molecule has 1 aromatic carbocycles. The van der Waals surface area contributed by atoms with E-state index in [1.807, 2.05) is 18.4 Å². The third-order valence-corrected chi connectivity index (χ3v) is 4.79. The predicted molar refractivity (Wildman–Crippen MR) is 94.5 cm³/mol. The molecule has 1 saturated carbocycles. The van der Waals surface area contributed by atoms with Gasteiger partial charge in [0.25, 0.3) is 11.8 Å². The third kappa shape index (κ3) is 4.58. The molecule has 0 radical (unpaired) electrons. The first-order valence-electron chi connectivity index (χ1n) is 7.99. The second kappa shape index (κ2) is 7.49. The predicted octanol–water partition coefficient (Wildman–Crippen LogP) is 3.29.